The predicted molar refractivity (Wildman–Crippen MR) is 61.8 cm³/mol. The van der Waals surface area contributed by atoms with Crippen LogP contribution in [0, 0.1) is 12.8 Å². The zero-order valence-corrected chi connectivity index (χ0v) is 9.54. The van der Waals surface area contributed by atoms with Crippen LogP contribution >= 0.6 is 11.6 Å². The highest BCUT2D eigenvalue weighted by Gasteiger charge is 2.34. The summed E-state index contributed by atoms with van der Waals surface area (Å²) < 4.78 is 0. The number of benzene rings is 1. The number of aliphatic hydroxyl groups excluding tert-OH is 1. The van der Waals surface area contributed by atoms with E-state index in [1.165, 1.54) is 0 Å². The fourth-order valence-corrected chi connectivity index (χ4v) is 1.93. The van der Waals surface area contributed by atoms with Crippen molar-refractivity contribution >= 4 is 11.6 Å². The van der Waals surface area contributed by atoms with E-state index in [0.717, 1.165) is 24.0 Å². The number of aliphatic hydroxyl groups is 1. The quantitative estimate of drug-likeness (QED) is 0.830. The van der Waals surface area contributed by atoms with Crippen LogP contribution in [0.4, 0.5) is 0 Å². The lowest BCUT2D eigenvalue weighted by Crippen LogP contribution is -2.27. The Bertz CT molecular complexity index is 363. The number of rotatable bonds is 3. The number of nitrogens with two attached hydrogens (primary N) is 1. The van der Waals surface area contributed by atoms with E-state index < -0.39 is 6.10 Å². The summed E-state index contributed by atoms with van der Waals surface area (Å²) in [6.07, 6.45) is 1.76. The fraction of sp³-hybridized carbons (Fsp3) is 0.500. The first-order chi connectivity index (χ1) is 7.09. The summed E-state index contributed by atoms with van der Waals surface area (Å²) in [6.45, 7) is 1.95. The summed E-state index contributed by atoms with van der Waals surface area (Å²) >= 11 is 6.02. The third kappa shape index (κ3) is 2.33. The van der Waals surface area contributed by atoms with Gasteiger partial charge in [-0.15, -0.1) is 0 Å². The molecule has 1 aromatic rings. The number of hydrogen-bond acceptors (Lipinski definition) is 2. The zero-order valence-electron chi connectivity index (χ0n) is 8.78. The third-order valence-corrected chi connectivity index (χ3v) is 3.46. The number of aryl methyl sites for hydroxylation is 1. The van der Waals surface area contributed by atoms with Gasteiger partial charge in [0.05, 0.1) is 12.1 Å². The van der Waals surface area contributed by atoms with E-state index in [0.29, 0.717) is 10.9 Å². The smallest absolute Gasteiger partial charge is 0.0760 e. The van der Waals surface area contributed by atoms with Crippen LogP contribution in [0.1, 0.15) is 30.0 Å². The first-order valence-corrected chi connectivity index (χ1v) is 5.67. The maximum Gasteiger partial charge on any atom is 0.0760 e. The molecule has 3 N–H and O–H groups in total. The minimum absolute atomic E-state index is 0.310. The van der Waals surface area contributed by atoms with Gasteiger partial charge in [0.2, 0.25) is 0 Å². The van der Waals surface area contributed by atoms with Gasteiger partial charge in [-0.1, -0.05) is 23.7 Å². The number of halogens is 1. The van der Waals surface area contributed by atoms with Gasteiger partial charge in [0, 0.05) is 5.02 Å². The van der Waals surface area contributed by atoms with Crippen LogP contribution in [0.15, 0.2) is 18.2 Å². The molecule has 0 aromatic heterocycles. The van der Waals surface area contributed by atoms with Crippen LogP contribution in [0.5, 0.6) is 0 Å². The van der Waals surface area contributed by atoms with Gasteiger partial charge in [-0.3, -0.25) is 0 Å². The molecule has 0 spiro atoms. The second kappa shape index (κ2) is 4.12. The molecule has 0 aliphatic heterocycles. The molecule has 1 aliphatic rings. The van der Waals surface area contributed by atoms with E-state index in [1.807, 2.05) is 25.1 Å². The van der Waals surface area contributed by atoms with Gasteiger partial charge >= 0.3 is 0 Å². The minimum atomic E-state index is -0.427. The molecule has 0 radical (unpaired) electrons. The molecule has 3 heteroatoms. The molecule has 1 aliphatic carbocycles. The van der Waals surface area contributed by atoms with Crippen molar-refractivity contribution in [3.8, 4) is 0 Å². The molecular formula is C12H16ClNO. The van der Waals surface area contributed by atoms with Gasteiger partial charge in [-0.25, -0.2) is 0 Å². The van der Waals surface area contributed by atoms with E-state index in [9.17, 15) is 5.11 Å². The van der Waals surface area contributed by atoms with Crippen LogP contribution in [-0.4, -0.2) is 11.2 Å². The Hall–Kier alpha value is -0.570. The summed E-state index contributed by atoms with van der Waals surface area (Å²) in [5.74, 6) is 0.389. The predicted octanol–water partition coefficient (Wildman–Crippen LogP) is 2.42. The van der Waals surface area contributed by atoms with Crippen molar-refractivity contribution in [1.29, 1.82) is 0 Å². The highest BCUT2D eigenvalue weighted by molar-refractivity contribution is 6.31. The van der Waals surface area contributed by atoms with Crippen LogP contribution < -0.4 is 5.73 Å². The monoisotopic (exact) mass is 225 g/mol. The Labute approximate surface area is 95.1 Å². The average molecular weight is 226 g/mol. The summed E-state index contributed by atoms with van der Waals surface area (Å²) in [6, 6.07) is 5.43. The Balaban J connectivity index is 2.17. The summed E-state index contributed by atoms with van der Waals surface area (Å²) in [5.41, 5.74) is 7.95. The van der Waals surface area contributed by atoms with Crippen molar-refractivity contribution in [1.82, 2.24) is 0 Å². The minimum Gasteiger partial charge on any atom is -0.391 e. The van der Waals surface area contributed by atoms with Gasteiger partial charge in [-0.2, -0.15) is 0 Å². The van der Waals surface area contributed by atoms with Crippen molar-refractivity contribution in [2.24, 2.45) is 11.7 Å². The molecule has 15 heavy (non-hydrogen) atoms. The summed E-state index contributed by atoms with van der Waals surface area (Å²) in [5, 5.41) is 10.6. The van der Waals surface area contributed by atoms with Gasteiger partial charge in [0.1, 0.15) is 0 Å². The molecule has 2 rings (SSSR count). The topological polar surface area (TPSA) is 46.2 Å². The highest BCUT2D eigenvalue weighted by atomic mass is 35.5. The molecular weight excluding hydrogens is 210 g/mol. The Morgan fingerprint density at radius 3 is 2.67 bits per heavy atom. The molecule has 82 valence electrons. The first-order valence-electron chi connectivity index (χ1n) is 5.29. The average Bonchev–Trinajstić information content (AvgIpc) is 3.03. The molecule has 2 atom stereocenters. The Morgan fingerprint density at radius 2 is 2.13 bits per heavy atom. The lowest BCUT2D eigenvalue weighted by Gasteiger charge is -2.19. The summed E-state index contributed by atoms with van der Waals surface area (Å²) in [7, 11) is 0. The van der Waals surface area contributed by atoms with Crippen LogP contribution in [0.25, 0.3) is 0 Å². The SMILES string of the molecule is Cc1ccc([C@H](N)[C@H](O)C2CC2)cc1Cl. The molecule has 0 heterocycles. The summed E-state index contributed by atoms with van der Waals surface area (Å²) in [4.78, 5) is 0. The molecule has 0 bridgehead atoms. The maximum atomic E-state index is 9.90. The van der Waals surface area contributed by atoms with Gasteiger partial charge in [0.25, 0.3) is 0 Å². The second-order valence-corrected chi connectivity index (χ2v) is 4.77. The lowest BCUT2D eigenvalue weighted by atomic mass is 9.98. The van der Waals surface area contributed by atoms with Crippen molar-refractivity contribution in [2.45, 2.75) is 31.9 Å². The third-order valence-electron chi connectivity index (χ3n) is 3.05. The van der Waals surface area contributed by atoms with E-state index in [1.54, 1.807) is 0 Å². The fourth-order valence-electron chi connectivity index (χ4n) is 1.74. The zero-order chi connectivity index (χ0) is 11.0. The molecule has 0 amide bonds. The lowest BCUT2D eigenvalue weighted by molar-refractivity contribution is 0.122. The van der Waals surface area contributed by atoms with E-state index in [2.05, 4.69) is 0 Å². The molecule has 0 unspecified atom stereocenters. The van der Waals surface area contributed by atoms with Crippen molar-refractivity contribution in [3.63, 3.8) is 0 Å². The molecule has 1 aromatic carbocycles. The largest absolute Gasteiger partial charge is 0.391 e. The van der Waals surface area contributed by atoms with Crippen molar-refractivity contribution in [2.75, 3.05) is 0 Å². The van der Waals surface area contributed by atoms with E-state index >= 15 is 0 Å². The van der Waals surface area contributed by atoms with Crippen LogP contribution in [0.3, 0.4) is 0 Å². The van der Waals surface area contributed by atoms with Gasteiger partial charge in [-0.05, 0) is 42.9 Å². The second-order valence-electron chi connectivity index (χ2n) is 4.36. The van der Waals surface area contributed by atoms with Crippen molar-refractivity contribution in [3.05, 3.63) is 34.3 Å². The Kier molecular flexibility index (Phi) is 3.01. The molecule has 0 saturated heterocycles. The van der Waals surface area contributed by atoms with Gasteiger partial charge in [0.15, 0.2) is 0 Å². The van der Waals surface area contributed by atoms with Gasteiger partial charge < -0.3 is 10.8 Å². The van der Waals surface area contributed by atoms with Crippen molar-refractivity contribution < 1.29 is 5.11 Å². The van der Waals surface area contributed by atoms with Crippen LogP contribution in [0.2, 0.25) is 5.02 Å². The first kappa shape index (κ1) is 10.9. The number of hydrogen-bond donors (Lipinski definition) is 2. The van der Waals surface area contributed by atoms with E-state index in [4.69, 9.17) is 17.3 Å². The molecule has 1 saturated carbocycles. The standard InChI is InChI=1S/C12H16ClNO/c1-7-2-3-9(6-10(7)13)11(14)12(15)8-4-5-8/h2-3,6,8,11-12,15H,4-5,14H2,1H3/t11-,12+/m0/s1. The Morgan fingerprint density at radius 1 is 1.47 bits per heavy atom. The normalized spacial score (nSPS) is 20.0. The van der Waals surface area contributed by atoms with Crippen LogP contribution in [-0.2, 0) is 0 Å². The molecule has 1 fully saturated rings. The highest BCUT2D eigenvalue weighted by Crippen LogP contribution is 2.37. The molecule has 2 nitrogen and oxygen atoms in total. The van der Waals surface area contributed by atoms with E-state index in [-0.39, 0.29) is 6.04 Å². The maximum absolute atomic E-state index is 9.90.